The highest BCUT2D eigenvalue weighted by molar-refractivity contribution is 7.09. The molecule has 2 rings (SSSR count). The van der Waals surface area contributed by atoms with Gasteiger partial charge in [-0.25, -0.2) is 4.98 Å². The fourth-order valence-corrected chi connectivity index (χ4v) is 3.47. The first-order valence-electron chi connectivity index (χ1n) is 7.63. The van der Waals surface area contributed by atoms with E-state index >= 15 is 0 Å². The molecule has 3 nitrogen and oxygen atoms in total. The third kappa shape index (κ3) is 4.27. The van der Waals surface area contributed by atoms with Crippen LogP contribution in [0.25, 0.3) is 0 Å². The zero-order valence-corrected chi connectivity index (χ0v) is 14.4. The van der Waals surface area contributed by atoms with Crippen LogP contribution in [0.3, 0.4) is 0 Å². The molecule has 0 bridgehead atoms. The number of rotatable bonds is 4. The number of nitrogens with one attached hydrogen (secondary N) is 1. The molecule has 0 saturated carbocycles. The Morgan fingerprint density at radius 3 is 2.55 bits per heavy atom. The second-order valence-electron chi connectivity index (χ2n) is 7.61. The van der Waals surface area contributed by atoms with E-state index < -0.39 is 0 Å². The lowest BCUT2D eigenvalue weighted by atomic mass is 9.80. The van der Waals surface area contributed by atoms with E-state index in [-0.39, 0.29) is 5.41 Å². The molecular formula is C16H29N3S. The van der Waals surface area contributed by atoms with Crippen molar-refractivity contribution in [3.05, 3.63) is 16.1 Å². The molecule has 1 aliphatic heterocycles. The molecule has 4 heteroatoms. The van der Waals surface area contributed by atoms with Crippen LogP contribution in [0.2, 0.25) is 0 Å². The zero-order chi connectivity index (χ0) is 14.8. The quantitative estimate of drug-likeness (QED) is 0.924. The number of thiazole rings is 1. The van der Waals surface area contributed by atoms with Crippen LogP contribution in [-0.2, 0) is 12.0 Å². The SMILES string of the molecule is CN1CCC(C)(CNCc2csc(C(C)(C)C)n2)CC1. The first-order valence-corrected chi connectivity index (χ1v) is 8.51. The lowest BCUT2D eigenvalue weighted by Gasteiger charge is -2.38. The lowest BCUT2D eigenvalue weighted by Crippen LogP contribution is -2.41. The molecule has 1 N–H and O–H groups in total. The van der Waals surface area contributed by atoms with Gasteiger partial charge in [0.05, 0.1) is 10.7 Å². The Kier molecular flexibility index (Phi) is 4.88. The summed E-state index contributed by atoms with van der Waals surface area (Å²) in [5.41, 5.74) is 1.81. The van der Waals surface area contributed by atoms with Crippen molar-refractivity contribution in [2.45, 2.75) is 52.5 Å². The summed E-state index contributed by atoms with van der Waals surface area (Å²) in [4.78, 5) is 7.18. The average Bonchev–Trinajstić information content (AvgIpc) is 2.82. The van der Waals surface area contributed by atoms with Gasteiger partial charge in [0, 0.05) is 23.9 Å². The molecule has 0 aromatic carbocycles. The van der Waals surface area contributed by atoms with Crippen molar-refractivity contribution >= 4 is 11.3 Å². The van der Waals surface area contributed by atoms with Gasteiger partial charge >= 0.3 is 0 Å². The minimum Gasteiger partial charge on any atom is -0.311 e. The van der Waals surface area contributed by atoms with E-state index in [0.717, 1.165) is 13.1 Å². The van der Waals surface area contributed by atoms with E-state index in [1.807, 2.05) is 0 Å². The monoisotopic (exact) mass is 295 g/mol. The number of aromatic nitrogens is 1. The molecule has 0 amide bonds. The van der Waals surface area contributed by atoms with Crippen LogP contribution in [0.1, 0.15) is 51.2 Å². The van der Waals surface area contributed by atoms with Crippen LogP contribution in [0.15, 0.2) is 5.38 Å². The van der Waals surface area contributed by atoms with Crippen molar-refractivity contribution in [3.63, 3.8) is 0 Å². The van der Waals surface area contributed by atoms with Crippen LogP contribution in [0.4, 0.5) is 0 Å². The highest BCUT2D eigenvalue weighted by Gasteiger charge is 2.28. The molecule has 0 spiro atoms. The molecule has 20 heavy (non-hydrogen) atoms. The van der Waals surface area contributed by atoms with Crippen molar-refractivity contribution in [1.82, 2.24) is 15.2 Å². The topological polar surface area (TPSA) is 28.2 Å². The Labute approximate surface area is 127 Å². The van der Waals surface area contributed by atoms with Gasteiger partial charge in [0.25, 0.3) is 0 Å². The van der Waals surface area contributed by atoms with Gasteiger partial charge in [-0.2, -0.15) is 0 Å². The Morgan fingerprint density at radius 1 is 1.35 bits per heavy atom. The predicted octanol–water partition coefficient (Wildman–Crippen LogP) is 3.26. The normalized spacial score (nSPS) is 20.2. The highest BCUT2D eigenvalue weighted by Crippen LogP contribution is 2.29. The number of nitrogens with zero attached hydrogens (tertiary/aromatic N) is 2. The van der Waals surface area contributed by atoms with Crippen molar-refractivity contribution in [1.29, 1.82) is 0 Å². The molecule has 0 radical (unpaired) electrons. The zero-order valence-electron chi connectivity index (χ0n) is 13.6. The predicted molar refractivity (Wildman–Crippen MR) is 87.4 cm³/mol. The Bertz CT molecular complexity index is 425. The number of hydrogen-bond acceptors (Lipinski definition) is 4. The summed E-state index contributed by atoms with van der Waals surface area (Å²) in [7, 11) is 2.22. The molecule has 2 heterocycles. The van der Waals surface area contributed by atoms with E-state index in [1.54, 1.807) is 11.3 Å². The first-order chi connectivity index (χ1) is 9.28. The minimum atomic E-state index is 0.169. The van der Waals surface area contributed by atoms with Gasteiger partial charge in [0.2, 0.25) is 0 Å². The van der Waals surface area contributed by atoms with Gasteiger partial charge < -0.3 is 10.2 Å². The van der Waals surface area contributed by atoms with Crippen molar-refractivity contribution in [2.24, 2.45) is 5.41 Å². The van der Waals surface area contributed by atoms with Crippen molar-refractivity contribution in [2.75, 3.05) is 26.7 Å². The summed E-state index contributed by atoms with van der Waals surface area (Å²) in [6.07, 6.45) is 2.58. The van der Waals surface area contributed by atoms with Crippen LogP contribution in [0.5, 0.6) is 0 Å². The standard InChI is InChI=1S/C16H29N3S/c1-15(2,3)14-18-13(11-20-14)10-17-12-16(4)6-8-19(5)9-7-16/h11,17H,6-10,12H2,1-5H3. The third-order valence-corrected chi connectivity index (χ3v) is 5.56. The van der Waals surface area contributed by atoms with Gasteiger partial charge in [0.1, 0.15) is 0 Å². The van der Waals surface area contributed by atoms with E-state index in [0.29, 0.717) is 5.41 Å². The molecule has 1 fully saturated rings. The maximum Gasteiger partial charge on any atom is 0.0982 e. The first kappa shape index (κ1) is 15.9. The number of hydrogen-bond donors (Lipinski definition) is 1. The molecule has 0 aliphatic carbocycles. The molecule has 114 valence electrons. The Balaban J connectivity index is 1.80. The molecule has 1 aromatic heterocycles. The maximum atomic E-state index is 4.75. The third-order valence-electron chi connectivity index (χ3n) is 4.25. The van der Waals surface area contributed by atoms with Crippen LogP contribution >= 0.6 is 11.3 Å². The van der Waals surface area contributed by atoms with Crippen LogP contribution < -0.4 is 5.32 Å². The fourth-order valence-electron chi connectivity index (χ4n) is 2.56. The van der Waals surface area contributed by atoms with E-state index in [4.69, 9.17) is 4.98 Å². The average molecular weight is 295 g/mol. The van der Waals surface area contributed by atoms with Gasteiger partial charge in [-0.3, -0.25) is 0 Å². The van der Waals surface area contributed by atoms with Gasteiger partial charge in [-0.15, -0.1) is 11.3 Å². The smallest absolute Gasteiger partial charge is 0.0982 e. The van der Waals surface area contributed by atoms with E-state index in [9.17, 15) is 0 Å². The van der Waals surface area contributed by atoms with Gasteiger partial charge in [-0.1, -0.05) is 27.7 Å². The Hall–Kier alpha value is -0.450. The molecule has 1 saturated heterocycles. The van der Waals surface area contributed by atoms with Crippen molar-refractivity contribution in [3.8, 4) is 0 Å². The molecule has 0 atom stereocenters. The second-order valence-corrected chi connectivity index (χ2v) is 8.47. The van der Waals surface area contributed by atoms with Crippen molar-refractivity contribution < 1.29 is 0 Å². The summed E-state index contributed by atoms with van der Waals surface area (Å²) in [5.74, 6) is 0. The highest BCUT2D eigenvalue weighted by atomic mass is 32.1. The number of piperidine rings is 1. The van der Waals surface area contributed by atoms with E-state index in [1.165, 1.54) is 36.6 Å². The second kappa shape index (κ2) is 6.12. The summed E-state index contributed by atoms with van der Waals surface area (Å²) in [6.45, 7) is 13.5. The summed E-state index contributed by atoms with van der Waals surface area (Å²) in [6, 6.07) is 0. The lowest BCUT2D eigenvalue weighted by molar-refractivity contribution is 0.136. The summed E-state index contributed by atoms with van der Waals surface area (Å²) in [5, 5.41) is 7.05. The molecular weight excluding hydrogens is 266 g/mol. The van der Waals surface area contributed by atoms with Gasteiger partial charge in [0.15, 0.2) is 0 Å². The molecule has 1 aliphatic rings. The molecule has 0 unspecified atom stereocenters. The Morgan fingerprint density at radius 2 is 2.00 bits per heavy atom. The van der Waals surface area contributed by atoms with E-state index in [2.05, 4.69) is 50.3 Å². The largest absolute Gasteiger partial charge is 0.311 e. The fraction of sp³-hybridized carbons (Fsp3) is 0.812. The van der Waals surface area contributed by atoms with Crippen LogP contribution in [0, 0.1) is 5.41 Å². The minimum absolute atomic E-state index is 0.169. The summed E-state index contributed by atoms with van der Waals surface area (Å²) >= 11 is 1.78. The van der Waals surface area contributed by atoms with Crippen LogP contribution in [-0.4, -0.2) is 36.6 Å². The van der Waals surface area contributed by atoms with Gasteiger partial charge in [-0.05, 0) is 38.4 Å². The number of likely N-dealkylation sites (tertiary alicyclic amines) is 1. The maximum absolute atomic E-state index is 4.75. The molecule has 1 aromatic rings. The summed E-state index contributed by atoms with van der Waals surface area (Å²) < 4.78 is 0.